The van der Waals surface area contributed by atoms with Gasteiger partial charge in [-0.15, -0.1) is 0 Å². The van der Waals surface area contributed by atoms with Gasteiger partial charge in [0.2, 0.25) is 5.56 Å². The van der Waals surface area contributed by atoms with E-state index in [0.29, 0.717) is 5.69 Å². The number of rotatable bonds is 3. The summed E-state index contributed by atoms with van der Waals surface area (Å²) < 4.78 is 0. The number of hydrogen-bond acceptors (Lipinski definition) is 2. The van der Waals surface area contributed by atoms with Crippen LogP contribution in [0.2, 0.25) is 0 Å². The molecule has 18 heavy (non-hydrogen) atoms. The zero-order chi connectivity index (χ0) is 13.0. The molecule has 4 nitrogen and oxygen atoms in total. The lowest BCUT2D eigenvalue weighted by atomic mass is 9.84. The third kappa shape index (κ3) is 3.22. The zero-order valence-electron chi connectivity index (χ0n) is 10.7. The summed E-state index contributed by atoms with van der Waals surface area (Å²) in [5.41, 5.74) is 0.109. The summed E-state index contributed by atoms with van der Waals surface area (Å²) in [6.07, 6.45) is 5.69. The first kappa shape index (κ1) is 12.9. The summed E-state index contributed by atoms with van der Waals surface area (Å²) in [4.78, 5) is 25.6. The minimum absolute atomic E-state index is 0.173. The molecule has 4 heteroatoms. The van der Waals surface area contributed by atoms with E-state index >= 15 is 0 Å². The van der Waals surface area contributed by atoms with Crippen LogP contribution >= 0.6 is 0 Å². The first-order valence-corrected chi connectivity index (χ1v) is 6.69. The maximum atomic E-state index is 11.9. The fourth-order valence-electron chi connectivity index (χ4n) is 2.56. The van der Waals surface area contributed by atoms with E-state index in [1.165, 1.54) is 25.3 Å². The summed E-state index contributed by atoms with van der Waals surface area (Å²) in [6.45, 7) is 2.22. The number of nitrogens with one attached hydrogen (secondary N) is 2. The van der Waals surface area contributed by atoms with Crippen LogP contribution in [-0.4, -0.2) is 16.9 Å². The Labute approximate surface area is 107 Å². The van der Waals surface area contributed by atoms with Gasteiger partial charge in [0.25, 0.3) is 5.91 Å². The van der Waals surface area contributed by atoms with Gasteiger partial charge in [0.1, 0.15) is 5.69 Å². The molecule has 0 spiro atoms. The molecular formula is C14H20N2O2. The molecule has 0 radical (unpaired) electrons. The third-order valence-corrected chi connectivity index (χ3v) is 3.77. The molecule has 1 fully saturated rings. The average Bonchev–Trinajstić information content (AvgIpc) is 2.39. The lowest BCUT2D eigenvalue weighted by molar-refractivity contribution is 0.0916. The van der Waals surface area contributed by atoms with E-state index in [1.807, 2.05) is 0 Å². The van der Waals surface area contributed by atoms with Crippen molar-refractivity contribution in [1.29, 1.82) is 0 Å². The number of pyridine rings is 1. The normalized spacial score (nSPS) is 23.6. The van der Waals surface area contributed by atoms with Crippen LogP contribution in [0, 0.1) is 5.92 Å². The van der Waals surface area contributed by atoms with Crippen LogP contribution in [0.1, 0.15) is 49.5 Å². The van der Waals surface area contributed by atoms with Crippen LogP contribution in [0.3, 0.4) is 0 Å². The lowest BCUT2D eigenvalue weighted by Crippen LogP contribution is -2.38. The maximum absolute atomic E-state index is 11.9. The summed E-state index contributed by atoms with van der Waals surface area (Å²) in [5.74, 6) is 0.641. The second-order valence-electron chi connectivity index (χ2n) is 5.03. The SMILES string of the molecule is CCC1CCC(NC(=O)c2cccc(=O)[nH]2)CC1. The maximum Gasteiger partial charge on any atom is 0.268 e. The van der Waals surface area contributed by atoms with Crippen molar-refractivity contribution < 1.29 is 4.79 Å². The molecule has 1 aromatic rings. The van der Waals surface area contributed by atoms with Crippen LogP contribution in [-0.2, 0) is 0 Å². The van der Waals surface area contributed by atoms with Gasteiger partial charge >= 0.3 is 0 Å². The Kier molecular flexibility index (Phi) is 4.18. The highest BCUT2D eigenvalue weighted by Gasteiger charge is 2.21. The molecule has 1 heterocycles. The van der Waals surface area contributed by atoms with E-state index in [2.05, 4.69) is 17.2 Å². The van der Waals surface area contributed by atoms with Crippen LogP contribution in [0.25, 0.3) is 0 Å². The Bertz CT molecular complexity index is 459. The van der Waals surface area contributed by atoms with E-state index in [-0.39, 0.29) is 17.5 Å². The summed E-state index contributed by atoms with van der Waals surface area (Å²) in [7, 11) is 0. The number of aromatic nitrogens is 1. The molecule has 98 valence electrons. The minimum atomic E-state index is -0.239. The molecule has 0 unspecified atom stereocenters. The van der Waals surface area contributed by atoms with Crippen LogP contribution in [0.4, 0.5) is 0 Å². The smallest absolute Gasteiger partial charge is 0.268 e. The molecule has 0 aliphatic heterocycles. The zero-order valence-corrected chi connectivity index (χ0v) is 10.7. The molecule has 0 saturated heterocycles. The van der Waals surface area contributed by atoms with Crippen molar-refractivity contribution in [3.05, 3.63) is 34.2 Å². The highest BCUT2D eigenvalue weighted by molar-refractivity contribution is 5.92. The fraction of sp³-hybridized carbons (Fsp3) is 0.571. The largest absolute Gasteiger partial charge is 0.348 e. The van der Waals surface area contributed by atoms with Crippen molar-refractivity contribution in [2.24, 2.45) is 5.92 Å². The van der Waals surface area contributed by atoms with Crippen molar-refractivity contribution in [2.45, 2.75) is 45.1 Å². The predicted octanol–water partition coefficient (Wildman–Crippen LogP) is 2.07. The predicted molar refractivity (Wildman–Crippen MR) is 70.6 cm³/mol. The molecule has 0 bridgehead atoms. The summed E-state index contributed by atoms with van der Waals surface area (Å²) >= 11 is 0. The van der Waals surface area contributed by atoms with Crippen molar-refractivity contribution in [1.82, 2.24) is 10.3 Å². The Morgan fingerprint density at radius 1 is 1.33 bits per heavy atom. The van der Waals surface area contributed by atoms with Gasteiger partial charge < -0.3 is 10.3 Å². The molecule has 2 rings (SSSR count). The molecule has 2 N–H and O–H groups in total. The highest BCUT2D eigenvalue weighted by atomic mass is 16.2. The third-order valence-electron chi connectivity index (χ3n) is 3.77. The Balaban J connectivity index is 1.90. The molecule has 1 aromatic heterocycles. The number of carbonyl (C=O) groups is 1. The monoisotopic (exact) mass is 248 g/mol. The van der Waals surface area contributed by atoms with Crippen molar-refractivity contribution in [3.8, 4) is 0 Å². The molecule has 1 aliphatic rings. The van der Waals surface area contributed by atoms with Gasteiger partial charge in [-0.1, -0.05) is 19.4 Å². The van der Waals surface area contributed by atoms with E-state index in [1.54, 1.807) is 12.1 Å². The van der Waals surface area contributed by atoms with E-state index in [9.17, 15) is 9.59 Å². The van der Waals surface area contributed by atoms with Crippen LogP contribution in [0.15, 0.2) is 23.0 Å². The Hall–Kier alpha value is -1.58. The molecule has 1 saturated carbocycles. The molecule has 0 aromatic carbocycles. The van der Waals surface area contributed by atoms with Gasteiger partial charge in [0.05, 0.1) is 0 Å². The van der Waals surface area contributed by atoms with Gasteiger partial charge in [-0.2, -0.15) is 0 Å². The fourth-order valence-corrected chi connectivity index (χ4v) is 2.56. The van der Waals surface area contributed by atoms with Gasteiger partial charge in [-0.3, -0.25) is 9.59 Å². The average molecular weight is 248 g/mol. The van der Waals surface area contributed by atoms with Gasteiger partial charge in [0.15, 0.2) is 0 Å². The van der Waals surface area contributed by atoms with Crippen molar-refractivity contribution in [2.75, 3.05) is 0 Å². The number of hydrogen-bond donors (Lipinski definition) is 2. The molecular weight excluding hydrogens is 228 g/mol. The lowest BCUT2D eigenvalue weighted by Gasteiger charge is -2.28. The topological polar surface area (TPSA) is 62.0 Å². The van der Waals surface area contributed by atoms with E-state index in [0.717, 1.165) is 18.8 Å². The molecule has 1 amide bonds. The van der Waals surface area contributed by atoms with E-state index < -0.39 is 0 Å². The summed E-state index contributed by atoms with van der Waals surface area (Å²) in [5, 5.41) is 3.00. The molecule has 1 aliphatic carbocycles. The standard InChI is InChI=1S/C14H20N2O2/c1-2-10-6-8-11(9-7-10)15-14(18)12-4-3-5-13(17)16-12/h3-5,10-11H,2,6-9H2,1H3,(H,15,18)(H,16,17). The first-order chi connectivity index (χ1) is 8.69. The van der Waals surface area contributed by atoms with Crippen LogP contribution < -0.4 is 10.9 Å². The van der Waals surface area contributed by atoms with Gasteiger partial charge in [0, 0.05) is 12.1 Å². The number of H-pyrrole nitrogens is 1. The second kappa shape index (κ2) is 5.85. The van der Waals surface area contributed by atoms with Gasteiger partial charge in [-0.25, -0.2) is 0 Å². The van der Waals surface area contributed by atoms with Crippen LogP contribution in [0.5, 0.6) is 0 Å². The highest BCUT2D eigenvalue weighted by Crippen LogP contribution is 2.26. The number of carbonyl (C=O) groups excluding carboxylic acids is 1. The number of amides is 1. The van der Waals surface area contributed by atoms with E-state index in [4.69, 9.17) is 0 Å². The molecule has 0 atom stereocenters. The quantitative estimate of drug-likeness (QED) is 0.860. The van der Waals surface area contributed by atoms with Crippen molar-refractivity contribution >= 4 is 5.91 Å². The van der Waals surface area contributed by atoms with Gasteiger partial charge in [-0.05, 0) is 37.7 Å². The summed E-state index contributed by atoms with van der Waals surface area (Å²) in [6, 6.07) is 4.89. The Morgan fingerprint density at radius 2 is 2.06 bits per heavy atom. The number of aromatic amines is 1. The second-order valence-corrected chi connectivity index (χ2v) is 5.03. The first-order valence-electron chi connectivity index (χ1n) is 6.69. The minimum Gasteiger partial charge on any atom is -0.348 e. The Morgan fingerprint density at radius 3 is 2.67 bits per heavy atom. The van der Waals surface area contributed by atoms with Crippen molar-refractivity contribution in [3.63, 3.8) is 0 Å².